The van der Waals surface area contributed by atoms with E-state index in [1.54, 1.807) is 0 Å². The maximum absolute atomic E-state index is 12.1. The van der Waals surface area contributed by atoms with Gasteiger partial charge >= 0.3 is 12.1 Å². The number of hydrogen-bond acceptors (Lipinski definition) is 4. The Kier molecular flexibility index (Phi) is 2.55. The fourth-order valence-corrected chi connectivity index (χ4v) is 1.07. The summed E-state index contributed by atoms with van der Waals surface area (Å²) in [7, 11) is 0. The van der Waals surface area contributed by atoms with Crippen molar-refractivity contribution in [1.82, 2.24) is 15.2 Å². The van der Waals surface area contributed by atoms with Crippen LogP contribution in [0.2, 0.25) is 5.15 Å². The average Bonchev–Trinajstić information content (AvgIpc) is 2.67. The van der Waals surface area contributed by atoms with Crippen LogP contribution in [0.25, 0.3) is 11.5 Å². The van der Waals surface area contributed by atoms with E-state index in [0.29, 0.717) is 0 Å². The van der Waals surface area contributed by atoms with Crippen LogP contribution in [-0.2, 0) is 6.18 Å². The topological polar surface area (TPSA) is 51.8 Å². The molecule has 2 aromatic heterocycles. The van der Waals surface area contributed by atoms with Crippen LogP contribution in [0, 0.1) is 0 Å². The second-order valence-electron chi connectivity index (χ2n) is 2.78. The van der Waals surface area contributed by atoms with E-state index < -0.39 is 12.1 Å². The highest BCUT2D eigenvalue weighted by Crippen LogP contribution is 2.30. The summed E-state index contributed by atoms with van der Waals surface area (Å²) in [5.41, 5.74) is 0.271. The number of hydrogen-bond donors (Lipinski definition) is 0. The predicted molar refractivity (Wildman–Crippen MR) is 47.5 cm³/mol. The maximum Gasteiger partial charge on any atom is 0.470 e. The Morgan fingerprint density at radius 3 is 2.44 bits per heavy atom. The van der Waals surface area contributed by atoms with Gasteiger partial charge in [0, 0.05) is 6.20 Å². The zero-order chi connectivity index (χ0) is 11.8. The molecule has 0 amide bonds. The monoisotopic (exact) mass is 249 g/mol. The van der Waals surface area contributed by atoms with Crippen LogP contribution < -0.4 is 0 Å². The molecule has 0 bridgehead atoms. The fourth-order valence-electron chi connectivity index (χ4n) is 0.957. The normalized spacial score (nSPS) is 11.8. The van der Waals surface area contributed by atoms with Gasteiger partial charge in [0.25, 0.3) is 0 Å². The Hall–Kier alpha value is -1.63. The van der Waals surface area contributed by atoms with Gasteiger partial charge in [-0.25, -0.2) is 4.98 Å². The second-order valence-corrected chi connectivity index (χ2v) is 3.17. The molecule has 0 radical (unpaired) electrons. The lowest BCUT2D eigenvalue weighted by Gasteiger charge is -1.97. The minimum atomic E-state index is -4.65. The third kappa shape index (κ3) is 2.13. The molecule has 0 aliphatic carbocycles. The summed E-state index contributed by atoms with van der Waals surface area (Å²) in [5, 5.41) is 6.37. The summed E-state index contributed by atoms with van der Waals surface area (Å²) in [6, 6.07) is 2.84. The zero-order valence-corrected chi connectivity index (χ0v) is 8.25. The molecule has 2 rings (SSSR count). The molecule has 0 unspecified atom stereocenters. The van der Waals surface area contributed by atoms with Crippen LogP contribution in [0.15, 0.2) is 22.7 Å². The lowest BCUT2D eigenvalue weighted by Crippen LogP contribution is -2.04. The smallest absolute Gasteiger partial charge is 0.413 e. The van der Waals surface area contributed by atoms with Crippen LogP contribution in [-0.4, -0.2) is 15.2 Å². The van der Waals surface area contributed by atoms with E-state index in [1.165, 1.54) is 18.3 Å². The Balaban J connectivity index is 2.35. The molecule has 0 saturated heterocycles. The van der Waals surface area contributed by atoms with Gasteiger partial charge in [-0.15, -0.1) is 10.2 Å². The molecule has 2 heterocycles. The maximum atomic E-state index is 12.1. The molecule has 0 spiro atoms. The van der Waals surface area contributed by atoms with Crippen molar-refractivity contribution in [2.24, 2.45) is 0 Å². The van der Waals surface area contributed by atoms with Crippen LogP contribution in [0.4, 0.5) is 13.2 Å². The number of rotatable bonds is 1. The number of nitrogens with zero attached hydrogens (tertiary/aromatic N) is 3. The van der Waals surface area contributed by atoms with E-state index >= 15 is 0 Å². The third-order valence-corrected chi connectivity index (χ3v) is 1.87. The van der Waals surface area contributed by atoms with Crippen LogP contribution in [0.3, 0.4) is 0 Å². The average molecular weight is 250 g/mol. The first-order valence-electron chi connectivity index (χ1n) is 3.99. The lowest BCUT2D eigenvalue weighted by molar-refractivity contribution is -0.156. The minimum Gasteiger partial charge on any atom is -0.413 e. The van der Waals surface area contributed by atoms with Crippen molar-refractivity contribution < 1.29 is 17.6 Å². The molecule has 4 nitrogen and oxygen atoms in total. The standard InChI is InChI=1S/C8H3ClF3N3O/c9-5-2-1-4(3-13-5)6-14-15-7(16-6)8(10,11)12/h1-3H. The Morgan fingerprint density at radius 2 is 1.94 bits per heavy atom. The van der Waals surface area contributed by atoms with Gasteiger partial charge < -0.3 is 4.42 Å². The van der Waals surface area contributed by atoms with Crippen LogP contribution in [0.1, 0.15) is 5.89 Å². The van der Waals surface area contributed by atoms with Gasteiger partial charge in [0.2, 0.25) is 5.89 Å². The summed E-state index contributed by atoms with van der Waals surface area (Å²) in [6.07, 6.45) is -3.40. The summed E-state index contributed by atoms with van der Waals surface area (Å²) < 4.78 is 40.9. The molecule has 0 aliphatic rings. The fraction of sp³-hybridized carbons (Fsp3) is 0.125. The van der Waals surface area contributed by atoms with Crippen molar-refractivity contribution in [1.29, 1.82) is 0 Å². The van der Waals surface area contributed by atoms with E-state index in [1.807, 2.05) is 0 Å². The molecular formula is C8H3ClF3N3O. The van der Waals surface area contributed by atoms with Crippen LogP contribution >= 0.6 is 11.6 Å². The molecule has 0 atom stereocenters. The minimum absolute atomic E-state index is 0.222. The second kappa shape index (κ2) is 3.75. The molecule has 0 saturated carbocycles. The van der Waals surface area contributed by atoms with Crippen molar-refractivity contribution >= 4 is 11.6 Å². The van der Waals surface area contributed by atoms with Gasteiger partial charge in [-0.1, -0.05) is 11.6 Å². The van der Waals surface area contributed by atoms with Crippen molar-refractivity contribution in [3.8, 4) is 11.5 Å². The van der Waals surface area contributed by atoms with E-state index in [0.717, 1.165) is 0 Å². The molecule has 0 N–H and O–H groups in total. The number of halogens is 4. The molecule has 8 heteroatoms. The van der Waals surface area contributed by atoms with Crippen molar-refractivity contribution in [2.75, 3.05) is 0 Å². The molecule has 16 heavy (non-hydrogen) atoms. The van der Waals surface area contributed by atoms with Crippen molar-refractivity contribution in [2.45, 2.75) is 6.18 Å². The third-order valence-electron chi connectivity index (χ3n) is 1.64. The summed E-state index contributed by atoms with van der Waals surface area (Å²) in [4.78, 5) is 3.68. The number of aromatic nitrogens is 3. The highest BCUT2D eigenvalue weighted by atomic mass is 35.5. The van der Waals surface area contributed by atoms with Crippen LogP contribution in [0.5, 0.6) is 0 Å². The SMILES string of the molecule is FC(F)(F)c1nnc(-c2ccc(Cl)nc2)o1. The number of pyridine rings is 1. The van der Waals surface area contributed by atoms with Gasteiger partial charge in [0.05, 0.1) is 5.56 Å². The molecule has 0 aromatic carbocycles. The summed E-state index contributed by atoms with van der Waals surface area (Å²) in [5.74, 6) is -1.64. The van der Waals surface area contributed by atoms with Gasteiger partial charge in [-0.3, -0.25) is 0 Å². The summed E-state index contributed by atoms with van der Waals surface area (Å²) in [6.45, 7) is 0. The highest BCUT2D eigenvalue weighted by molar-refractivity contribution is 6.29. The Morgan fingerprint density at radius 1 is 1.19 bits per heavy atom. The summed E-state index contributed by atoms with van der Waals surface area (Å²) >= 11 is 5.52. The predicted octanol–water partition coefficient (Wildman–Crippen LogP) is 2.80. The molecule has 0 aliphatic heterocycles. The zero-order valence-electron chi connectivity index (χ0n) is 7.49. The number of alkyl halides is 3. The highest BCUT2D eigenvalue weighted by Gasteiger charge is 2.38. The molecule has 0 fully saturated rings. The van der Waals surface area contributed by atoms with E-state index in [-0.39, 0.29) is 16.6 Å². The Labute approximate surface area is 92.1 Å². The van der Waals surface area contributed by atoms with Gasteiger partial charge in [0.1, 0.15) is 5.15 Å². The largest absolute Gasteiger partial charge is 0.470 e. The molecule has 2 aromatic rings. The molecular weight excluding hydrogens is 247 g/mol. The first kappa shape index (κ1) is 10.9. The van der Waals surface area contributed by atoms with Gasteiger partial charge in [0.15, 0.2) is 0 Å². The Bertz CT molecular complexity index is 494. The molecule has 84 valence electrons. The quantitative estimate of drug-likeness (QED) is 0.729. The first-order valence-corrected chi connectivity index (χ1v) is 4.37. The van der Waals surface area contributed by atoms with E-state index in [4.69, 9.17) is 11.6 Å². The van der Waals surface area contributed by atoms with Gasteiger partial charge in [-0.2, -0.15) is 13.2 Å². The van der Waals surface area contributed by atoms with Crippen molar-refractivity contribution in [3.05, 3.63) is 29.4 Å². The lowest BCUT2D eigenvalue weighted by atomic mass is 10.3. The van der Waals surface area contributed by atoms with E-state index in [2.05, 4.69) is 19.6 Å². The van der Waals surface area contributed by atoms with Crippen molar-refractivity contribution in [3.63, 3.8) is 0 Å². The first-order chi connectivity index (χ1) is 7.47. The van der Waals surface area contributed by atoms with Gasteiger partial charge in [-0.05, 0) is 12.1 Å². The van der Waals surface area contributed by atoms with E-state index in [9.17, 15) is 13.2 Å².